The Morgan fingerprint density at radius 1 is 1.14 bits per heavy atom. The molecule has 2 aliphatic rings. The van der Waals surface area contributed by atoms with Gasteiger partial charge in [0, 0.05) is 25.2 Å². The van der Waals surface area contributed by atoms with E-state index in [9.17, 15) is 0 Å². The molecule has 2 aliphatic heterocycles. The maximum Gasteiger partial charge on any atom is 0.226 e. The Balaban J connectivity index is 0.00000132. The summed E-state index contributed by atoms with van der Waals surface area (Å²) in [5.74, 6) is 2.38. The van der Waals surface area contributed by atoms with Crippen molar-refractivity contribution in [1.29, 1.82) is 0 Å². The molecule has 4 nitrogen and oxygen atoms in total. The first kappa shape index (κ1) is 14.6. The Labute approximate surface area is 131 Å². The zero-order valence-corrected chi connectivity index (χ0v) is 12.7. The van der Waals surface area contributed by atoms with E-state index in [1.54, 1.807) is 6.26 Å². The molecule has 4 rings (SSSR count). The van der Waals surface area contributed by atoms with Crippen LogP contribution in [0.3, 0.4) is 0 Å². The third kappa shape index (κ3) is 2.98. The fourth-order valence-corrected chi connectivity index (χ4v) is 3.40. The van der Waals surface area contributed by atoms with Crippen molar-refractivity contribution in [1.82, 2.24) is 15.2 Å². The van der Waals surface area contributed by atoms with Gasteiger partial charge in [0.25, 0.3) is 0 Å². The normalized spacial score (nSPS) is 24.8. The van der Waals surface area contributed by atoms with E-state index in [1.807, 2.05) is 30.3 Å². The number of aromatic nitrogens is 1. The third-order valence-electron chi connectivity index (χ3n) is 4.42. The number of hydrogen-bond donors (Lipinski definition) is 1. The summed E-state index contributed by atoms with van der Waals surface area (Å²) >= 11 is 0. The Morgan fingerprint density at radius 3 is 2.57 bits per heavy atom. The van der Waals surface area contributed by atoms with Crippen molar-refractivity contribution in [3.8, 4) is 11.5 Å². The molecule has 1 aromatic carbocycles. The number of fused-ring (bicyclic) bond motifs is 1. The molecule has 1 aromatic heterocycles. The van der Waals surface area contributed by atoms with Gasteiger partial charge < -0.3 is 9.73 Å². The van der Waals surface area contributed by atoms with Crippen LogP contribution >= 0.6 is 12.4 Å². The zero-order valence-electron chi connectivity index (χ0n) is 11.9. The van der Waals surface area contributed by atoms with Crippen LogP contribution in [-0.4, -0.2) is 36.1 Å². The predicted octanol–water partition coefficient (Wildman–Crippen LogP) is 2.41. The van der Waals surface area contributed by atoms with E-state index in [0.29, 0.717) is 0 Å². The molecule has 3 heterocycles. The molecular formula is C16H20ClN3O. The molecule has 0 spiro atoms. The van der Waals surface area contributed by atoms with Crippen LogP contribution in [0.4, 0.5) is 0 Å². The van der Waals surface area contributed by atoms with E-state index in [1.165, 1.54) is 26.2 Å². The van der Waals surface area contributed by atoms with E-state index in [0.717, 1.165) is 35.5 Å². The Morgan fingerprint density at radius 2 is 1.86 bits per heavy atom. The highest BCUT2D eigenvalue weighted by Crippen LogP contribution is 2.27. The molecule has 0 amide bonds. The maximum atomic E-state index is 5.60. The number of oxazole rings is 1. The van der Waals surface area contributed by atoms with Crippen molar-refractivity contribution in [2.45, 2.75) is 6.54 Å². The van der Waals surface area contributed by atoms with Gasteiger partial charge >= 0.3 is 0 Å². The van der Waals surface area contributed by atoms with Crippen molar-refractivity contribution in [3.05, 3.63) is 42.3 Å². The van der Waals surface area contributed by atoms with Crippen molar-refractivity contribution < 1.29 is 4.42 Å². The van der Waals surface area contributed by atoms with Crippen LogP contribution in [0, 0.1) is 11.8 Å². The number of rotatable bonds is 3. The Kier molecular flexibility index (Phi) is 4.29. The van der Waals surface area contributed by atoms with E-state index < -0.39 is 0 Å². The summed E-state index contributed by atoms with van der Waals surface area (Å²) in [6.07, 6.45) is 1.80. The first-order valence-electron chi connectivity index (χ1n) is 7.31. The summed E-state index contributed by atoms with van der Waals surface area (Å²) in [4.78, 5) is 7.12. The number of nitrogens with one attached hydrogen (secondary N) is 1. The monoisotopic (exact) mass is 305 g/mol. The molecule has 2 aromatic rings. The number of benzene rings is 1. The lowest BCUT2D eigenvalue weighted by Gasteiger charge is -2.14. The van der Waals surface area contributed by atoms with Gasteiger partial charge in [-0.25, -0.2) is 4.98 Å². The van der Waals surface area contributed by atoms with Gasteiger partial charge in [-0.15, -0.1) is 12.4 Å². The molecule has 2 saturated heterocycles. The van der Waals surface area contributed by atoms with Crippen LogP contribution in [0.5, 0.6) is 0 Å². The Hall–Kier alpha value is -1.36. The van der Waals surface area contributed by atoms with Gasteiger partial charge in [-0.1, -0.05) is 18.2 Å². The second-order valence-electron chi connectivity index (χ2n) is 5.88. The number of likely N-dealkylation sites (tertiary alicyclic amines) is 1. The van der Waals surface area contributed by atoms with E-state index >= 15 is 0 Å². The van der Waals surface area contributed by atoms with Crippen LogP contribution < -0.4 is 5.32 Å². The minimum atomic E-state index is 0. The molecule has 112 valence electrons. The van der Waals surface area contributed by atoms with Crippen LogP contribution in [0.15, 0.2) is 41.0 Å². The molecule has 0 bridgehead atoms. The van der Waals surface area contributed by atoms with Gasteiger partial charge in [-0.2, -0.15) is 0 Å². The van der Waals surface area contributed by atoms with Crippen molar-refractivity contribution in [3.63, 3.8) is 0 Å². The second kappa shape index (κ2) is 6.18. The summed E-state index contributed by atoms with van der Waals surface area (Å²) in [6, 6.07) is 10.1. The van der Waals surface area contributed by atoms with Crippen LogP contribution in [-0.2, 0) is 6.54 Å². The van der Waals surface area contributed by atoms with E-state index in [4.69, 9.17) is 4.42 Å². The average molecular weight is 306 g/mol. The number of nitrogens with zero attached hydrogens (tertiary/aromatic N) is 2. The molecule has 1 N–H and O–H groups in total. The highest BCUT2D eigenvalue weighted by Gasteiger charge is 2.36. The van der Waals surface area contributed by atoms with Gasteiger partial charge in [0.15, 0.2) is 0 Å². The fraction of sp³-hybridized carbons (Fsp3) is 0.438. The van der Waals surface area contributed by atoms with Crippen LogP contribution in [0.25, 0.3) is 11.5 Å². The lowest BCUT2D eigenvalue weighted by Crippen LogP contribution is -2.25. The SMILES string of the molecule is Cl.c1ccc(-c2nc(CN3C[C@H]4CNC[C@H]4C3)co2)cc1. The standard InChI is InChI=1S/C16H19N3O.ClH/c1-2-4-12(5-3-1)16-18-15(11-20-16)10-19-8-13-6-17-7-14(13)9-19;/h1-5,11,13-14,17H,6-10H2;1H/t13-,14+;. The molecule has 5 heteroatoms. The summed E-state index contributed by atoms with van der Waals surface area (Å²) in [5.41, 5.74) is 2.08. The molecule has 2 atom stereocenters. The molecule has 0 saturated carbocycles. The van der Waals surface area contributed by atoms with E-state index in [-0.39, 0.29) is 12.4 Å². The first-order chi connectivity index (χ1) is 9.88. The minimum Gasteiger partial charge on any atom is -0.444 e. The quantitative estimate of drug-likeness (QED) is 0.945. The molecular weight excluding hydrogens is 286 g/mol. The highest BCUT2D eigenvalue weighted by atomic mass is 35.5. The first-order valence-corrected chi connectivity index (χ1v) is 7.31. The molecule has 21 heavy (non-hydrogen) atoms. The average Bonchev–Trinajstić information content (AvgIpc) is 3.16. The molecule has 0 aliphatic carbocycles. The smallest absolute Gasteiger partial charge is 0.226 e. The van der Waals surface area contributed by atoms with E-state index in [2.05, 4.69) is 15.2 Å². The number of hydrogen-bond acceptors (Lipinski definition) is 4. The van der Waals surface area contributed by atoms with Gasteiger partial charge in [0.2, 0.25) is 5.89 Å². The summed E-state index contributed by atoms with van der Waals surface area (Å²) in [7, 11) is 0. The van der Waals surface area contributed by atoms with Crippen molar-refractivity contribution in [2.75, 3.05) is 26.2 Å². The predicted molar refractivity (Wildman–Crippen MR) is 84.3 cm³/mol. The summed E-state index contributed by atoms with van der Waals surface area (Å²) in [5, 5.41) is 3.47. The second-order valence-corrected chi connectivity index (χ2v) is 5.88. The minimum absolute atomic E-state index is 0. The highest BCUT2D eigenvalue weighted by molar-refractivity contribution is 5.85. The summed E-state index contributed by atoms with van der Waals surface area (Å²) in [6.45, 7) is 5.63. The third-order valence-corrected chi connectivity index (χ3v) is 4.42. The molecule has 2 fully saturated rings. The topological polar surface area (TPSA) is 41.3 Å². The number of halogens is 1. The zero-order chi connectivity index (χ0) is 13.4. The van der Waals surface area contributed by atoms with Gasteiger partial charge in [-0.05, 0) is 37.1 Å². The molecule has 0 radical (unpaired) electrons. The van der Waals surface area contributed by atoms with Gasteiger partial charge in [0.05, 0.1) is 5.69 Å². The maximum absolute atomic E-state index is 5.60. The fourth-order valence-electron chi connectivity index (χ4n) is 3.40. The van der Waals surface area contributed by atoms with Gasteiger partial charge in [-0.3, -0.25) is 4.90 Å². The van der Waals surface area contributed by atoms with Crippen molar-refractivity contribution >= 4 is 12.4 Å². The lowest BCUT2D eigenvalue weighted by molar-refractivity contribution is 0.302. The Bertz CT molecular complexity index is 574. The molecule has 0 unspecified atom stereocenters. The lowest BCUT2D eigenvalue weighted by atomic mass is 10.0. The van der Waals surface area contributed by atoms with Gasteiger partial charge in [0.1, 0.15) is 6.26 Å². The van der Waals surface area contributed by atoms with Crippen molar-refractivity contribution in [2.24, 2.45) is 11.8 Å². The summed E-state index contributed by atoms with van der Waals surface area (Å²) < 4.78 is 5.60. The van der Waals surface area contributed by atoms with Crippen LogP contribution in [0.1, 0.15) is 5.69 Å². The van der Waals surface area contributed by atoms with Crippen LogP contribution in [0.2, 0.25) is 0 Å². The largest absolute Gasteiger partial charge is 0.444 e.